The third-order valence-corrected chi connectivity index (χ3v) is 2.69. The minimum Gasteiger partial charge on any atom is -0.477 e. The molecule has 6 nitrogen and oxygen atoms in total. The number of hydrogen-bond acceptors (Lipinski definition) is 4. The van der Waals surface area contributed by atoms with Gasteiger partial charge < -0.3 is 14.6 Å². The van der Waals surface area contributed by atoms with Crippen molar-refractivity contribution < 1.29 is 19.4 Å². The number of ether oxygens (including phenoxy) is 2. The van der Waals surface area contributed by atoms with E-state index in [1.165, 1.54) is 10.9 Å². The summed E-state index contributed by atoms with van der Waals surface area (Å²) in [5.74, 6) is -0.825. The molecule has 0 bridgehead atoms. The Labute approximate surface area is 116 Å². The number of carboxylic acids is 1. The molecule has 0 saturated heterocycles. The molecule has 2 rings (SSSR count). The molecule has 0 radical (unpaired) electrons. The van der Waals surface area contributed by atoms with E-state index in [1.807, 2.05) is 30.3 Å². The lowest BCUT2D eigenvalue weighted by atomic mass is 10.3. The van der Waals surface area contributed by atoms with Gasteiger partial charge in [-0.2, -0.15) is 5.10 Å². The average Bonchev–Trinajstić information content (AvgIpc) is 2.88. The van der Waals surface area contributed by atoms with Crippen LogP contribution in [0.2, 0.25) is 0 Å². The van der Waals surface area contributed by atoms with Crippen LogP contribution in [0.25, 0.3) is 5.69 Å². The van der Waals surface area contributed by atoms with Crippen molar-refractivity contribution in [3.8, 4) is 11.6 Å². The van der Waals surface area contributed by atoms with Crippen molar-refractivity contribution in [2.24, 2.45) is 0 Å². The molecule has 0 unspecified atom stereocenters. The smallest absolute Gasteiger partial charge is 0.342 e. The zero-order chi connectivity index (χ0) is 14.4. The van der Waals surface area contributed by atoms with Gasteiger partial charge in [0.25, 0.3) is 0 Å². The van der Waals surface area contributed by atoms with E-state index in [0.717, 1.165) is 5.69 Å². The second kappa shape index (κ2) is 6.72. The highest BCUT2D eigenvalue weighted by Gasteiger charge is 2.19. The van der Waals surface area contributed by atoms with E-state index < -0.39 is 5.97 Å². The fourth-order valence-electron chi connectivity index (χ4n) is 1.75. The fourth-order valence-corrected chi connectivity index (χ4v) is 1.75. The first-order chi connectivity index (χ1) is 9.74. The third kappa shape index (κ3) is 3.16. The molecule has 6 heteroatoms. The maximum Gasteiger partial charge on any atom is 0.342 e. The Bertz CT molecular complexity index is 566. The van der Waals surface area contributed by atoms with Crippen LogP contribution < -0.4 is 4.74 Å². The zero-order valence-electron chi connectivity index (χ0n) is 11.2. The number of aromatic carboxylic acids is 1. The summed E-state index contributed by atoms with van der Waals surface area (Å²) in [6.07, 6.45) is 1.97. The molecular formula is C14H16N2O4. The van der Waals surface area contributed by atoms with Gasteiger partial charge in [0.15, 0.2) is 0 Å². The molecule has 0 aliphatic rings. The minimum absolute atomic E-state index is 0.0475. The molecule has 0 fully saturated rings. The predicted molar refractivity (Wildman–Crippen MR) is 72.5 cm³/mol. The fraction of sp³-hybridized carbons (Fsp3) is 0.286. The van der Waals surface area contributed by atoms with Crippen LogP contribution in [0.4, 0.5) is 0 Å². The SMILES string of the molecule is COCCCOc1c(C(=O)O)cnn1-c1ccccc1. The molecule has 0 amide bonds. The van der Waals surface area contributed by atoms with Gasteiger partial charge in [-0.15, -0.1) is 0 Å². The number of hydrogen-bond donors (Lipinski definition) is 1. The second-order valence-electron chi connectivity index (χ2n) is 4.11. The molecule has 0 atom stereocenters. The second-order valence-corrected chi connectivity index (χ2v) is 4.11. The van der Waals surface area contributed by atoms with Gasteiger partial charge in [-0.05, 0) is 12.1 Å². The van der Waals surface area contributed by atoms with Crippen LogP contribution in [0, 0.1) is 0 Å². The molecule has 0 aliphatic carbocycles. The van der Waals surface area contributed by atoms with Gasteiger partial charge in [-0.3, -0.25) is 0 Å². The van der Waals surface area contributed by atoms with Crippen LogP contribution in [0.15, 0.2) is 36.5 Å². The van der Waals surface area contributed by atoms with E-state index in [9.17, 15) is 9.90 Å². The van der Waals surface area contributed by atoms with Crippen LogP contribution in [0.3, 0.4) is 0 Å². The van der Waals surface area contributed by atoms with Crippen molar-refractivity contribution in [3.63, 3.8) is 0 Å². The first-order valence-electron chi connectivity index (χ1n) is 6.22. The topological polar surface area (TPSA) is 73.6 Å². The molecule has 0 aliphatic heterocycles. The highest BCUT2D eigenvalue weighted by atomic mass is 16.5. The summed E-state index contributed by atoms with van der Waals surface area (Å²) >= 11 is 0. The minimum atomic E-state index is -1.06. The number of para-hydroxylation sites is 1. The average molecular weight is 276 g/mol. The lowest BCUT2D eigenvalue weighted by Gasteiger charge is -2.10. The molecule has 0 spiro atoms. The van der Waals surface area contributed by atoms with Gasteiger partial charge >= 0.3 is 5.97 Å². The molecule has 1 aromatic heterocycles. The lowest BCUT2D eigenvalue weighted by molar-refractivity contribution is 0.0691. The van der Waals surface area contributed by atoms with Crippen LogP contribution in [-0.2, 0) is 4.74 Å². The van der Waals surface area contributed by atoms with Crippen LogP contribution in [0.5, 0.6) is 5.88 Å². The molecule has 0 saturated carbocycles. The van der Waals surface area contributed by atoms with Gasteiger partial charge in [-0.25, -0.2) is 9.48 Å². The lowest BCUT2D eigenvalue weighted by Crippen LogP contribution is -2.09. The molecule has 1 heterocycles. The number of nitrogens with zero attached hydrogens (tertiary/aromatic N) is 2. The van der Waals surface area contributed by atoms with Crippen LogP contribution in [-0.4, -0.2) is 41.2 Å². The van der Waals surface area contributed by atoms with Crippen molar-refractivity contribution in [1.82, 2.24) is 9.78 Å². The van der Waals surface area contributed by atoms with Crippen LogP contribution in [0.1, 0.15) is 16.8 Å². The Balaban J connectivity index is 2.26. The van der Waals surface area contributed by atoms with E-state index in [4.69, 9.17) is 9.47 Å². The van der Waals surface area contributed by atoms with Crippen molar-refractivity contribution in [2.75, 3.05) is 20.3 Å². The maximum atomic E-state index is 11.2. The molecule has 1 N–H and O–H groups in total. The van der Waals surface area contributed by atoms with E-state index in [1.54, 1.807) is 7.11 Å². The number of aromatic nitrogens is 2. The first kappa shape index (κ1) is 14.1. The summed E-state index contributed by atoms with van der Waals surface area (Å²) in [5, 5.41) is 13.3. The Kier molecular flexibility index (Phi) is 4.73. The third-order valence-electron chi connectivity index (χ3n) is 2.69. The number of rotatable bonds is 7. The highest BCUT2D eigenvalue weighted by Crippen LogP contribution is 2.22. The van der Waals surface area contributed by atoms with Crippen molar-refractivity contribution >= 4 is 5.97 Å². The van der Waals surface area contributed by atoms with Gasteiger partial charge in [0.1, 0.15) is 5.56 Å². The number of carbonyl (C=O) groups is 1. The highest BCUT2D eigenvalue weighted by molar-refractivity contribution is 5.90. The number of benzene rings is 1. The largest absolute Gasteiger partial charge is 0.477 e. The summed E-state index contributed by atoms with van der Waals surface area (Å²) in [6.45, 7) is 0.925. The van der Waals surface area contributed by atoms with Crippen LogP contribution >= 0.6 is 0 Å². The van der Waals surface area contributed by atoms with E-state index in [-0.39, 0.29) is 11.4 Å². The normalized spacial score (nSPS) is 10.4. The van der Waals surface area contributed by atoms with Gasteiger partial charge in [0.05, 0.1) is 18.5 Å². The molecule has 2 aromatic rings. The Morgan fingerprint density at radius 2 is 2.05 bits per heavy atom. The Morgan fingerprint density at radius 1 is 1.30 bits per heavy atom. The van der Waals surface area contributed by atoms with Crippen molar-refractivity contribution in [1.29, 1.82) is 0 Å². The summed E-state index contributed by atoms with van der Waals surface area (Å²) in [5.41, 5.74) is 0.799. The van der Waals surface area contributed by atoms with E-state index in [0.29, 0.717) is 19.6 Å². The van der Waals surface area contributed by atoms with E-state index >= 15 is 0 Å². The number of methoxy groups -OCH3 is 1. The van der Waals surface area contributed by atoms with Gasteiger partial charge in [0.2, 0.25) is 5.88 Å². The predicted octanol–water partition coefficient (Wildman–Crippen LogP) is 1.99. The van der Waals surface area contributed by atoms with Crippen molar-refractivity contribution in [3.05, 3.63) is 42.1 Å². The standard InChI is InChI=1S/C14H16N2O4/c1-19-8-5-9-20-13-12(14(17)18)10-15-16(13)11-6-3-2-4-7-11/h2-4,6-7,10H,5,8-9H2,1H3,(H,17,18). The zero-order valence-corrected chi connectivity index (χ0v) is 11.2. The first-order valence-corrected chi connectivity index (χ1v) is 6.22. The quantitative estimate of drug-likeness (QED) is 0.783. The van der Waals surface area contributed by atoms with Crippen molar-refractivity contribution in [2.45, 2.75) is 6.42 Å². The van der Waals surface area contributed by atoms with Gasteiger partial charge in [-0.1, -0.05) is 18.2 Å². The molecule has 20 heavy (non-hydrogen) atoms. The maximum absolute atomic E-state index is 11.2. The number of carboxylic acid groups (broad SMARTS) is 1. The summed E-state index contributed by atoms with van der Waals surface area (Å²) in [7, 11) is 1.61. The molecule has 1 aromatic carbocycles. The molecular weight excluding hydrogens is 260 g/mol. The Morgan fingerprint density at radius 3 is 2.70 bits per heavy atom. The molecule has 106 valence electrons. The summed E-state index contributed by atoms with van der Waals surface area (Å²) < 4.78 is 12.0. The summed E-state index contributed by atoms with van der Waals surface area (Å²) in [6, 6.07) is 9.25. The summed E-state index contributed by atoms with van der Waals surface area (Å²) in [4.78, 5) is 11.2. The van der Waals surface area contributed by atoms with E-state index in [2.05, 4.69) is 5.10 Å². The monoisotopic (exact) mass is 276 g/mol. The van der Waals surface area contributed by atoms with Gasteiger partial charge in [0, 0.05) is 20.1 Å². The Hall–Kier alpha value is -2.34.